The fourth-order valence-electron chi connectivity index (χ4n) is 7.88. The molecule has 0 aromatic carbocycles. The van der Waals surface area contributed by atoms with Gasteiger partial charge in [0.25, 0.3) is 0 Å². The van der Waals surface area contributed by atoms with E-state index in [1.807, 2.05) is 0 Å². The summed E-state index contributed by atoms with van der Waals surface area (Å²) in [7, 11) is 0. The Morgan fingerprint density at radius 3 is 1.47 bits per heavy atom. The van der Waals surface area contributed by atoms with Crippen LogP contribution < -0.4 is 0 Å². The second-order valence-corrected chi connectivity index (χ2v) is 8.39. The van der Waals surface area contributed by atoms with Crippen LogP contribution in [0.15, 0.2) is 0 Å². The lowest BCUT2D eigenvalue weighted by molar-refractivity contribution is 0.0514. The summed E-state index contributed by atoms with van der Waals surface area (Å²) in [6.45, 7) is 0.860. The summed E-state index contributed by atoms with van der Waals surface area (Å²) < 4.78 is 0. The SMILES string of the molecule is OCC1CC2CC1C1C2CC2C3CC(CO)C(C3)C21. The molecule has 2 nitrogen and oxygen atoms in total. The van der Waals surface area contributed by atoms with Crippen molar-refractivity contribution in [1.29, 1.82) is 0 Å². The van der Waals surface area contributed by atoms with Gasteiger partial charge >= 0.3 is 0 Å². The Labute approximate surface area is 115 Å². The summed E-state index contributed by atoms with van der Waals surface area (Å²) >= 11 is 0. The molecule has 2 N–H and O–H groups in total. The fourth-order valence-corrected chi connectivity index (χ4v) is 7.88. The minimum Gasteiger partial charge on any atom is -0.396 e. The van der Waals surface area contributed by atoms with Crippen LogP contribution in [0.2, 0.25) is 0 Å². The number of aliphatic hydroxyl groups excluding tert-OH is 2. The van der Waals surface area contributed by atoms with Gasteiger partial charge in [0.1, 0.15) is 0 Å². The number of hydrogen-bond donors (Lipinski definition) is 2. The van der Waals surface area contributed by atoms with E-state index < -0.39 is 0 Å². The van der Waals surface area contributed by atoms with Gasteiger partial charge in [-0.25, -0.2) is 0 Å². The van der Waals surface area contributed by atoms with Crippen LogP contribution >= 0.6 is 0 Å². The Morgan fingerprint density at radius 1 is 0.579 bits per heavy atom. The highest BCUT2D eigenvalue weighted by Crippen LogP contribution is 2.72. The van der Waals surface area contributed by atoms with Crippen molar-refractivity contribution < 1.29 is 10.2 Å². The van der Waals surface area contributed by atoms with Crippen LogP contribution in [-0.4, -0.2) is 23.4 Å². The summed E-state index contributed by atoms with van der Waals surface area (Å²) in [5, 5.41) is 19.3. The Balaban J connectivity index is 1.48. The summed E-state index contributed by atoms with van der Waals surface area (Å²) in [5.41, 5.74) is 0. The smallest absolute Gasteiger partial charge is 0.0462 e. The molecule has 0 spiro atoms. The molecule has 0 aromatic rings. The van der Waals surface area contributed by atoms with Gasteiger partial charge in [0, 0.05) is 13.2 Å². The third kappa shape index (κ3) is 1.26. The van der Waals surface area contributed by atoms with Crippen LogP contribution in [0, 0.1) is 59.2 Å². The van der Waals surface area contributed by atoms with Crippen molar-refractivity contribution in [3.05, 3.63) is 0 Å². The molecule has 5 saturated carbocycles. The Hall–Kier alpha value is -0.0800. The largest absolute Gasteiger partial charge is 0.396 e. The van der Waals surface area contributed by atoms with Crippen molar-refractivity contribution in [3.63, 3.8) is 0 Å². The summed E-state index contributed by atoms with van der Waals surface area (Å²) in [6, 6.07) is 0. The number of rotatable bonds is 2. The average molecular weight is 262 g/mol. The molecule has 10 atom stereocenters. The van der Waals surface area contributed by atoms with E-state index in [1.165, 1.54) is 32.1 Å². The number of hydrogen-bond acceptors (Lipinski definition) is 2. The first-order chi connectivity index (χ1) is 9.31. The van der Waals surface area contributed by atoms with Gasteiger partial charge in [-0.15, -0.1) is 0 Å². The molecule has 2 heteroatoms. The van der Waals surface area contributed by atoms with Gasteiger partial charge in [-0.2, -0.15) is 0 Å². The van der Waals surface area contributed by atoms with Crippen LogP contribution in [0.1, 0.15) is 32.1 Å². The van der Waals surface area contributed by atoms with Gasteiger partial charge in [-0.05, 0) is 91.3 Å². The zero-order valence-electron chi connectivity index (χ0n) is 11.6. The van der Waals surface area contributed by atoms with E-state index in [0.29, 0.717) is 25.0 Å². The topological polar surface area (TPSA) is 40.5 Å². The van der Waals surface area contributed by atoms with E-state index in [0.717, 1.165) is 47.3 Å². The quantitative estimate of drug-likeness (QED) is 0.800. The predicted molar refractivity (Wildman–Crippen MR) is 72.2 cm³/mol. The molecule has 5 rings (SSSR count). The average Bonchev–Trinajstić information content (AvgIpc) is 3.17. The van der Waals surface area contributed by atoms with Crippen molar-refractivity contribution >= 4 is 0 Å². The van der Waals surface area contributed by atoms with E-state index in [2.05, 4.69) is 0 Å². The second kappa shape index (κ2) is 3.76. The first-order valence-corrected chi connectivity index (χ1v) is 8.53. The first kappa shape index (κ1) is 11.6. The molecule has 0 amide bonds. The van der Waals surface area contributed by atoms with Crippen LogP contribution in [-0.2, 0) is 0 Å². The van der Waals surface area contributed by atoms with Gasteiger partial charge in [0.05, 0.1) is 0 Å². The molecule has 0 aromatic heterocycles. The minimum absolute atomic E-state index is 0.430. The lowest BCUT2D eigenvalue weighted by Crippen LogP contribution is -2.36. The molecular formula is C17H26O2. The first-order valence-electron chi connectivity index (χ1n) is 8.53. The van der Waals surface area contributed by atoms with Gasteiger partial charge in [0.2, 0.25) is 0 Å². The zero-order valence-corrected chi connectivity index (χ0v) is 11.6. The van der Waals surface area contributed by atoms with Gasteiger partial charge in [0.15, 0.2) is 0 Å². The molecule has 106 valence electrons. The lowest BCUT2D eigenvalue weighted by atomic mass is 9.67. The molecule has 0 aliphatic heterocycles. The predicted octanol–water partition coefficient (Wildman–Crippen LogP) is 2.15. The van der Waals surface area contributed by atoms with E-state index in [-0.39, 0.29) is 0 Å². The van der Waals surface area contributed by atoms with Gasteiger partial charge in [-0.1, -0.05) is 0 Å². The molecular weight excluding hydrogens is 236 g/mol. The van der Waals surface area contributed by atoms with Crippen molar-refractivity contribution in [3.8, 4) is 0 Å². The Kier molecular flexibility index (Phi) is 2.29. The standard InChI is InChI=1S/C17H26O2/c18-6-10-1-8-3-12(10)16-14(8)5-15-9-2-11(7-19)13(4-9)17(15)16/h8-19H,1-7H2. The van der Waals surface area contributed by atoms with E-state index >= 15 is 0 Å². The Bertz CT molecular complexity index is 359. The van der Waals surface area contributed by atoms with Crippen LogP contribution in [0.4, 0.5) is 0 Å². The molecule has 5 fully saturated rings. The monoisotopic (exact) mass is 262 g/mol. The minimum atomic E-state index is 0.430. The normalized spacial score (nSPS) is 64.7. The molecule has 0 heterocycles. The Morgan fingerprint density at radius 2 is 1.05 bits per heavy atom. The molecule has 10 unspecified atom stereocenters. The molecule has 0 saturated heterocycles. The van der Waals surface area contributed by atoms with Crippen molar-refractivity contribution in [2.24, 2.45) is 59.2 Å². The molecule has 19 heavy (non-hydrogen) atoms. The van der Waals surface area contributed by atoms with Gasteiger partial charge in [-0.3, -0.25) is 0 Å². The third-order valence-electron chi connectivity index (χ3n) is 8.22. The maximum Gasteiger partial charge on any atom is 0.0462 e. The third-order valence-corrected chi connectivity index (χ3v) is 8.22. The van der Waals surface area contributed by atoms with Crippen molar-refractivity contribution in [2.45, 2.75) is 32.1 Å². The summed E-state index contributed by atoms with van der Waals surface area (Å²) in [5.74, 6) is 8.71. The van der Waals surface area contributed by atoms with Crippen molar-refractivity contribution in [1.82, 2.24) is 0 Å². The van der Waals surface area contributed by atoms with Gasteiger partial charge < -0.3 is 10.2 Å². The van der Waals surface area contributed by atoms with Crippen LogP contribution in [0.5, 0.6) is 0 Å². The van der Waals surface area contributed by atoms with Crippen LogP contribution in [0.25, 0.3) is 0 Å². The highest BCUT2D eigenvalue weighted by Gasteiger charge is 2.66. The fraction of sp³-hybridized carbons (Fsp3) is 1.00. The van der Waals surface area contributed by atoms with E-state index in [4.69, 9.17) is 0 Å². The number of aliphatic hydroxyl groups is 2. The lowest BCUT2D eigenvalue weighted by Gasteiger charge is -2.38. The highest BCUT2D eigenvalue weighted by molar-refractivity contribution is 5.14. The van der Waals surface area contributed by atoms with E-state index in [9.17, 15) is 10.2 Å². The molecule has 5 aliphatic carbocycles. The summed E-state index contributed by atoms with van der Waals surface area (Å²) in [6.07, 6.45) is 6.99. The molecule has 4 bridgehead atoms. The molecule has 0 radical (unpaired) electrons. The molecule has 5 aliphatic rings. The maximum absolute atomic E-state index is 9.64. The van der Waals surface area contributed by atoms with Crippen LogP contribution in [0.3, 0.4) is 0 Å². The zero-order chi connectivity index (χ0) is 12.7. The summed E-state index contributed by atoms with van der Waals surface area (Å²) in [4.78, 5) is 0. The van der Waals surface area contributed by atoms with E-state index in [1.54, 1.807) is 0 Å². The van der Waals surface area contributed by atoms with Crippen molar-refractivity contribution in [2.75, 3.05) is 13.2 Å². The maximum atomic E-state index is 9.64. The number of fused-ring (bicyclic) bond motifs is 11. The highest BCUT2D eigenvalue weighted by atomic mass is 16.3. The second-order valence-electron chi connectivity index (χ2n) is 8.39.